The molecule has 138 valence electrons. The number of rotatable bonds is 7. The third-order valence-corrected chi connectivity index (χ3v) is 3.73. The lowest BCUT2D eigenvalue weighted by atomic mass is 10.2. The Hall–Kier alpha value is -2.97. The van der Waals surface area contributed by atoms with Gasteiger partial charge in [-0.3, -0.25) is 4.68 Å². The van der Waals surface area contributed by atoms with E-state index < -0.39 is 6.61 Å². The molecule has 7 nitrogen and oxygen atoms in total. The van der Waals surface area contributed by atoms with Crippen LogP contribution in [0.4, 0.5) is 8.78 Å². The van der Waals surface area contributed by atoms with Gasteiger partial charge in [-0.15, -0.1) is 10.2 Å². The zero-order chi connectivity index (χ0) is 18.7. The minimum absolute atomic E-state index is 0.0597. The van der Waals surface area contributed by atoms with Crippen LogP contribution in [0, 0.1) is 13.8 Å². The lowest BCUT2D eigenvalue weighted by Crippen LogP contribution is -2.05. The fourth-order valence-corrected chi connectivity index (χ4v) is 2.57. The summed E-state index contributed by atoms with van der Waals surface area (Å²) in [5, 5.41) is 12.4. The topological polar surface area (TPSA) is 75.2 Å². The smallest absolute Gasteiger partial charge is 0.387 e. The van der Waals surface area contributed by atoms with E-state index in [9.17, 15) is 8.78 Å². The molecule has 0 radical (unpaired) electrons. The Labute approximate surface area is 148 Å². The first-order chi connectivity index (χ1) is 12.5. The number of methoxy groups -OCH3 is 1. The van der Waals surface area contributed by atoms with Crippen LogP contribution in [0.1, 0.15) is 17.3 Å². The van der Waals surface area contributed by atoms with Crippen molar-refractivity contribution in [2.75, 3.05) is 7.11 Å². The predicted octanol–water partition coefficient (Wildman–Crippen LogP) is 3.40. The Morgan fingerprint density at radius 2 is 1.96 bits per heavy atom. The quantitative estimate of drug-likeness (QED) is 0.640. The van der Waals surface area contributed by atoms with Gasteiger partial charge in [0.25, 0.3) is 0 Å². The Kier molecular flexibility index (Phi) is 5.15. The number of hydrogen-bond acceptors (Lipinski definition) is 6. The molecule has 0 aliphatic carbocycles. The third kappa shape index (κ3) is 3.98. The molecule has 0 atom stereocenters. The number of halogens is 2. The highest BCUT2D eigenvalue weighted by molar-refractivity contribution is 5.59. The fourth-order valence-electron chi connectivity index (χ4n) is 2.57. The minimum atomic E-state index is -2.93. The van der Waals surface area contributed by atoms with Crippen LogP contribution in [0.2, 0.25) is 0 Å². The fraction of sp³-hybridized carbons (Fsp3) is 0.353. The van der Waals surface area contributed by atoms with Crippen molar-refractivity contribution >= 4 is 0 Å². The van der Waals surface area contributed by atoms with E-state index in [1.807, 2.05) is 24.6 Å². The number of hydrogen-bond donors (Lipinski definition) is 0. The summed E-state index contributed by atoms with van der Waals surface area (Å²) < 4.78 is 41.8. The van der Waals surface area contributed by atoms with Crippen LogP contribution in [0.15, 0.2) is 28.7 Å². The SMILES string of the molecule is COc1cc(-c2nnc(CCn3nc(C)cc3C)o2)ccc1OC(F)F. The van der Waals surface area contributed by atoms with Crippen LogP contribution in [0.25, 0.3) is 11.5 Å². The van der Waals surface area contributed by atoms with Crippen LogP contribution in [-0.2, 0) is 13.0 Å². The molecule has 3 aromatic rings. The van der Waals surface area contributed by atoms with E-state index >= 15 is 0 Å². The van der Waals surface area contributed by atoms with Crippen LogP contribution >= 0.6 is 0 Å². The van der Waals surface area contributed by atoms with Gasteiger partial charge in [-0.1, -0.05) is 0 Å². The molecule has 0 N–H and O–H groups in total. The summed E-state index contributed by atoms with van der Waals surface area (Å²) in [6.07, 6.45) is 0.526. The number of aryl methyl sites for hydroxylation is 4. The van der Waals surface area contributed by atoms with E-state index in [0.717, 1.165) is 11.4 Å². The first-order valence-electron chi connectivity index (χ1n) is 7.93. The largest absolute Gasteiger partial charge is 0.493 e. The number of benzene rings is 1. The normalized spacial score (nSPS) is 11.2. The van der Waals surface area contributed by atoms with Crippen molar-refractivity contribution in [1.82, 2.24) is 20.0 Å². The minimum Gasteiger partial charge on any atom is -0.493 e. The Morgan fingerprint density at radius 1 is 1.15 bits per heavy atom. The average molecular weight is 364 g/mol. The second-order valence-electron chi connectivity index (χ2n) is 5.65. The van der Waals surface area contributed by atoms with Gasteiger partial charge in [-0.05, 0) is 38.1 Å². The average Bonchev–Trinajstić information content (AvgIpc) is 3.19. The van der Waals surface area contributed by atoms with Crippen LogP contribution in [-0.4, -0.2) is 33.7 Å². The molecular weight excluding hydrogens is 346 g/mol. The zero-order valence-electron chi connectivity index (χ0n) is 14.6. The highest BCUT2D eigenvalue weighted by Gasteiger charge is 2.15. The van der Waals surface area contributed by atoms with Crippen molar-refractivity contribution in [1.29, 1.82) is 0 Å². The first kappa shape index (κ1) is 17.8. The van der Waals surface area contributed by atoms with Crippen molar-refractivity contribution in [3.8, 4) is 23.0 Å². The summed E-state index contributed by atoms with van der Waals surface area (Å²) >= 11 is 0. The van der Waals surface area contributed by atoms with E-state index in [-0.39, 0.29) is 17.4 Å². The number of ether oxygens (including phenoxy) is 2. The van der Waals surface area contributed by atoms with Crippen molar-refractivity contribution in [3.63, 3.8) is 0 Å². The second-order valence-corrected chi connectivity index (χ2v) is 5.65. The number of nitrogens with zero attached hydrogens (tertiary/aromatic N) is 4. The maximum atomic E-state index is 12.4. The maximum Gasteiger partial charge on any atom is 0.387 e. The zero-order valence-corrected chi connectivity index (χ0v) is 14.6. The summed E-state index contributed by atoms with van der Waals surface area (Å²) in [6, 6.07) is 6.43. The number of aromatic nitrogens is 4. The molecule has 3 rings (SSSR count). The van der Waals surface area contributed by atoms with Crippen LogP contribution < -0.4 is 9.47 Å². The molecule has 2 aromatic heterocycles. The summed E-state index contributed by atoms with van der Waals surface area (Å²) in [4.78, 5) is 0. The summed E-state index contributed by atoms with van der Waals surface area (Å²) in [5.74, 6) is 0.829. The predicted molar refractivity (Wildman–Crippen MR) is 88.3 cm³/mol. The molecule has 9 heteroatoms. The molecule has 0 saturated carbocycles. The van der Waals surface area contributed by atoms with E-state index in [2.05, 4.69) is 20.0 Å². The van der Waals surface area contributed by atoms with Gasteiger partial charge in [0.05, 0.1) is 12.8 Å². The van der Waals surface area contributed by atoms with E-state index in [1.54, 1.807) is 6.07 Å². The summed E-state index contributed by atoms with van der Waals surface area (Å²) in [6.45, 7) is 1.60. The Balaban J connectivity index is 1.73. The Morgan fingerprint density at radius 3 is 2.62 bits per heavy atom. The van der Waals surface area contributed by atoms with Gasteiger partial charge >= 0.3 is 6.61 Å². The van der Waals surface area contributed by atoms with Gasteiger partial charge in [0.15, 0.2) is 11.5 Å². The van der Waals surface area contributed by atoms with Gasteiger partial charge in [0, 0.05) is 24.2 Å². The van der Waals surface area contributed by atoms with Crippen molar-refractivity contribution in [3.05, 3.63) is 41.5 Å². The highest BCUT2D eigenvalue weighted by Crippen LogP contribution is 2.33. The van der Waals surface area contributed by atoms with Crippen molar-refractivity contribution in [2.45, 2.75) is 33.4 Å². The molecule has 0 amide bonds. The molecule has 26 heavy (non-hydrogen) atoms. The third-order valence-electron chi connectivity index (χ3n) is 3.73. The molecule has 0 saturated heterocycles. The van der Waals surface area contributed by atoms with E-state index in [1.165, 1.54) is 19.2 Å². The molecule has 0 unspecified atom stereocenters. The van der Waals surface area contributed by atoms with E-state index in [4.69, 9.17) is 9.15 Å². The second kappa shape index (κ2) is 7.51. The van der Waals surface area contributed by atoms with E-state index in [0.29, 0.717) is 24.4 Å². The lowest BCUT2D eigenvalue weighted by Gasteiger charge is -2.10. The molecule has 1 aromatic carbocycles. The van der Waals surface area contributed by atoms with Gasteiger partial charge in [0.2, 0.25) is 11.8 Å². The lowest BCUT2D eigenvalue weighted by molar-refractivity contribution is -0.0512. The molecule has 0 spiro atoms. The van der Waals surface area contributed by atoms with Crippen LogP contribution in [0.3, 0.4) is 0 Å². The number of alkyl halides is 2. The van der Waals surface area contributed by atoms with Crippen LogP contribution in [0.5, 0.6) is 11.5 Å². The molecule has 0 aliphatic rings. The van der Waals surface area contributed by atoms with Crippen molar-refractivity contribution < 1.29 is 22.7 Å². The summed E-state index contributed by atoms with van der Waals surface area (Å²) in [7, 11) is 1.37. The Bertz CT molecular complexity index is 892. The van der Waals surface area contributed by atoms with Gasteiger partial charge in [-0.25, -0.2) is 0 Å². The molecule has 0 aliphatic heterocycles. The van der Waals surface area contributed by atoms with Gasteiger partial charge in [-0.2, -0.15) is 13.9 Å². The molecule has 0 bridgehead atoms. The van der Waals surface area contributed by atoms with Crippen molar-refractivity contribution in [2.24, 2.45) is 0 Å². The molecule has 0 fully saturated rings. The summed E-state index contributed by atoms with van der Waals surface area (Å²) in [5.41, 5.74) is 2.56. The van der Waals surface area contributed by atoms with Gasteiger partial charge in [0.1, 0.15) is 0 Å². The highest BCUT2D eigenvalue weighted by atomic mass is 19.3. The maximum absolute atomic E-state index is 12.4. The molecule has 2 heterocycles. The first-order valence-corrected chi connectivity index (χ1v) is 7.93. The van der Waals surface area contributed by atoms with Gasteiger partial charge < -0.3 is 13.9 Å². The monoisotopic (exact) mass is 364 g/mol. The molecular formula is C17H18F2N4O3. The standard InChI is InChI=1S/C17H18F2N4O3/c1-10-8-11(2)23(22-10)7-6-15-20-21-16(26-15)12-4-5-13(25-17(18)19)14(9-12)24-3/h4-5,8-9,17H,6-7H2,1-3H3.